The van der Waals surface area contributed by atoms with Crippen molar-refractivity contribution in [3.8, 4) is 6.07 Å². The third-order valence-electron chi connectivity index (χ3n) is 2.38. The fourth-order valence-electron chi connectivity index (χ4n) is 1.17. The molecule has 0 bridgehead atoms. The van der Waals surface area contributed by atoms with Gasteiger partial charge in [0.05, 0.1) is 16.3 Å². The molecule has 2 nitrogen and oxygen atoms in total. The van der Waals surface area contributed by atoms with Crippen LogP contribution in [0.5, 0.6) is 0 Å². The van der Waals surface area contributed by atoms with E-state index in [0.29, 0.717) is 10.6 Å². The predicted octanol–water partition coefficient (Wildman–Crippen LogP) is 3.77. The van der Waals surface area contributed by atoms with E-state index in [-0.39, 0.29) is 4.75 Å². The number of rotatable bonds is 4. The van der Waals surface area contributed by atoms with E-state index in [0.717, 1.165) is 12.2 Å². The molecule has 0 radical (unpaired) electrons. The van der Waals surface area contributed by atoms with Gasteiger partial charge < -0.3 is 5.32 Å². The number of hydrogen-bond acceptors (Lipinski definition) is 3. The van der Waals surface area contributed by atoms with Crippen LogP contribution in [0.15, 0.2) is 18.2 Å². The van der Waals surface area contributed by atoms with Gasteiger partial charge in [-0.25, -0.2) is 0 Å². The number of thioether (sulfide) groups is 1. The Bertz CT molecular complexity index is 410. The van der Waals surface area contributed by atoms with E-state index in [2.05, 4.69) is 31.5 Å². The van der Waals surface area contributed by atoms with E-state index in [1.807, 2.05) is 0 Å². The monoisotopic (exact) mass is 254 g/mol. The van der Waals surface area contributed by atoms with Crippen LogP contribution in [0, 0.1) is 11.3 Å². The molecule has 16 heavy (non-hydrogen) atoms. The molecule has 0 aliphatic carbocycles. The minimum absolute atomic E-state index is 0.117. The van der Waals surface area contributed by atoms with Crippen LogP contribution >= 0.6 is 23.4 Å². The van der Waals surface area contributed by atoms with Crippen molar-refractivity contribution in [1.29, 1.82) is 5.26 Å². The van der Waals surface area contributed by atoms with Gasteiger partial charge in [0.25, 0.3) is 0 Å². The Balaban J connectivity index is 2.86. The van der Waals surface area contributed by atoms with Gasteiger partial charge in [-0.15, -0.1) is 0 Å². The minimum atomic E-state index is 0.117. The highest BCUT2D eigenvalue weighted by Gasteiger charge is 2.17. The van der Waals surface area contributed by atoms with Crippen LogP contribution < -0.4 is 5.32 Å². The van der Waals surface area contributed by atoms with Crippen LogP contribution in [0.1, 0.15) is 19.4 Å². The predicted molar refractivity (Wildman–Crippen MR) is 72.3 cm³/mol. The topological polar surface area (TPSA) is 35.8 Å². The molecule has 0 aliphatic rings. The lowest BCUT2D eigenvalue weighted by molar-refractivity contribution is 0.752. The molecule has 0 heterocycles. The molecule has 4 heteroatoms. The Kier molecular flexibility index (Phi) is 4.52. The lowest BCUT2D eigenvalue weighted by atomic mass is 10.1. The summed E-state index contributed by atoms with van der Waals surface area (Å²) in [6.07, 6.45) is 2.07. The van der Waals surface area contributed by atoms with Gasteiger partial charge in [0, 0.05) is 11.3 Å². The summed E-state index contributed by atoms with van der Waals surface area (Å²) < 4.78 is 0.117. The largest absolute Gasteiger partial charge is 0.381 e. The molecule has 1 rings (SSSR count). The second-order valence-corrected chi connectivity index (χ2v) is 6.01. The molecule has 0 aromatic heterocycles. The van der Waals surface area contributed by atoms with Crippen LogP contribution in [0.3, 0.4) is 0 Å². The van der Waals surface area contributed by atoms with E-state index >= 15 is 0 Å². The van der Waals surface area contributed by atoms with Crippen molar-refractivity contribution >= 4 is 29.1 Å². The molecule has 0 amide bonds. The van der Waals surface area contributed by atoms with Crippen molar-refractivity contribution in [3.63, 3.8) is 0 Å². The van der Waals surface area contributed by atoms with Gasteiger partial charge in [0.2, 0.25) is 0 Å². The van der Waals surface area contributed by atoms with Gasteiger partial charge in [-0.05, 0) is 32.2 Å². The quantitative estimate of drug-likeness (QED) is 0.889. The van der Waals surface area contributed by atoms with Gasteiger partial charge in [-0.2, -0.15) is 17.0 Å². The van der Waals surface area contributed by atoms with Gasteiger partial charge in [0.1, 0.15) is 6.07 Å². The summed E-state index contributed by atoms with van der Waals surface area (Å²) in [6, 6.07) is 7.47. The lowest BCUT2D eigenvalue weighted by Crippen LogP contribution is -2.26. The third-order valence-corrected chi connectivity index (χ3v) is 3.94. The van der Waals surface area contributed by atoms with E-state index in [9.17, 15) is 0 Å². The normalized spacial score (nSPS) is 10.9. The highest BCUT2D eigenvalue weighted by molar-refractivity contribution is 7.99. The highest BCUT2D eigenvalue weighted by Crippen LogP contribution is 2.28. The number of hydrogen-bond donors (Lipinski definition) is 1. The molecule has 0 aliphatic heterocycles. The summed E-state index contributed by atoms with van der Waals surface area (Å²) in [5.74, 6) is 0. The number of nitrogens with zero attached hydrogens (tertiary/aromatic N) is 1. The standard InChI is InChI=1S/C12H15ClN2S/c1-12(2,16-3)8-15-11-9(7-14)5-4-6-10(11)13/h4-6,15H,8H2,1-3H3. The number of benzene rings is 1. The number of nitriles is 1. The van der Waals surface area contributed by atoms with Crippen LogP contribution in [-0.2, 0) is 0 Å². The fourth-order valence-corrected chi connectivity index (χ4v) is 1.63. The average molecular weight is 255 g/mol. The molecule has 0 unspecified atom stereocenters. The number of nitrogens with one attached hydrogen (secondary N) is 1. The van der Waals surface area contributed by atoms with Crippen molar-refractivity contribution in [1.82, 2.24) is 0 Å². The van der Waals surface area contributed by atoms with Crippen LogP contribution in [0.25, 0.3) is 0 Å². The summed E-state index contributed by atoms with van der Waals surface area (Å²) in [7, 11) is 0. The first kappa shape index (κ1) is 13.2. The molecular weight excluding hydrogens is 240 g/mol. The molecule has 0 saturated carbocycles. The Morgan fingerprint density at radius 2 is 2.19 bits per heavy atom. The van der Waals surface area contributed by atoms with Gasteiger partial charge in [-0.1, -0.05) is 17.7 Å². The highest BCUT2D eigenvalue weighted by atomic mass is 35.5. The molecule has 1 aromatic rings. The summed E-state index contributed by atoms with van der Waals surface area (Å²) in [4.78, 5) is 0. The molecule has 0 fully saturated rings. The Morgan fingerprint density at radius 1 is 1.50 bits per heavy atom. The van der Waals surface area contributed by atoms with Crippen molar-refractivity contribution in [2.75, 3.05) is 18.1 Å². The van der Waals surface area contributed by atoms with Gasteiger partial charge >= 0.3 is 0 Å². The SMILES string of the molecule is CSC(C)(C)CNc1c(Cl)cccc1C#N. The fraction of sp³-hybridized carbons (Fsp3) is 0.417. The zero-order valence-corrected chi connectivity index (χ0v) is 11.2. The summed E-state index contributed by atoms with van der Waals surface area (Å²) >= 11 is 7.84. The van der Waals surface area contributed by atoms with E-state index in [1.165, 1.54) is 0 Å². The van der Waals surface area contributed by atoms with Crippen molar-refractivity contribution in [2.45, 2.75) is 18.6 Å². The smallest absolute Gasteiger partial charge is 0.101 e. The number of anilines is 1. The maximum absolute atomic E-state index is 8.98. The zero-order valence-electron chi connectivity index (χ0n) is 9.67. The molecule has 0 spiro atoms. The van der Waals surface area contributed by atoms with Crippen LogP contribution in [0.4, 0.5) is 5.69 Å². The first-order valence-corrected chi connectivity index (χ1v) is 6.58. The van der Waals surface area contributed by atoms with Crippen molar-refractivity contribution in [2.24, 2.45) is 0 Å². The van der Waals surface area contributed by atoms with Gasteiger partial charge in [0.15, 0.2) is 0 Å². The average Bonchev–Trinajstić information content (AvgIpc) is 2.27. The zero-order chi connectivity index (χ0) is 12.2. The summed E-state index contributed by atoms with van der Waals surface area (Å²) in [5, 5.41) is 12.8. The summed E-state index contributed by atoms with van der Waals surface area (Å²) in [5.41, 5.74) is 1.32. The first-order chi connectivity index (χ1) is 7.50. The van der Waals surface area contributed by atoms with Crippen LogP contribution in [-0.4, -0.2) is 17.5 Å². The Hall–Kier alpha value is -0.850. The molecule has 1 aromatic carbocycles. The maximum atomic E-state index is 8.98. The van der Waals surface area contributed by atoms with E-state index in [1.54, 1.807) is 30.0 Å². The first-order valence-electron chi connectivity index (χ1n) is 4.98. The summed E-state index contributed by atoms with van der Waals surface area (Å²) in [6.45, 7) is 5.06. The van der Waals surface area contributed by atoms with Crippen molar-refractivity contribution in [3.05, 3.63) is 28.8 Å². The number of halogens is 1. The molecule has 0 atom stereocenters. The Labute approximate surface area is 106 Å². The van der Waals surface area contributed by atoms with Crippen LogP contribution in [0.2, 0.25) is 5.02 Å². The second kappa shape index (κ2) is 5.47. The molecular formula is C12H15ClN2S. The minimum Gasteiger partial charge on any atom is -0.381 e. The molecule has 0 saturated heterocycles. The molecule has 86 valence electrons. The Morgan fingerprint density at radius 3 is 2.75 bits per heavy atom. The number of para-hydroxylation sites is 1. The van der Waals surface area contributed by atoms with E-state index in [4.69, 9.17) is 16.9 Å². The van der Waals surface area contributed by atoms with Gasteiger partial charge in [-0.3, -0.25) is 0 Å². The molecule has 1 N–H and O–H groups in total. The lowest BCUT2D eigenvalue weighted by Gasteiger charge is -2.23. The second-order valence-electron chi connectivity index (χ2n) is 4.09. The van der Waals surface area contributed by atoms with E-state index < -0.39 is 0 Å². The maximum Gasteiger partial charge on any atom is 0.101 e. The third kappa shape index (κ3) is 3.33. The van der Waals surface area contributed by atoms with Crippen molar-refractivity contribution < 1.29 is 0 Å².